The van der Waals surface area contributed by atoms with Crippen molar-refractivity contribution < 1.29 is 9.53 Å². The van der Waals surface area contributed by atoms with Gasteiger partial charge in [-0.15, -0.1) is 0 Å². The lowest BCUT2D eigenvalue weighted by Crippen LogP contribution is -2.26. The van der Waals surface area contributed by atoms with E-state index in [2.05, 4.69) is 22.2 Å². The molecule has 0 spiro atoms. The van der Waals surface area contributed by atoms with E-state index in [1.165, 1.54) is 0 Å². The van der Waals surface area contributed by atoms with Gasteiger partial charge in [0.1, 0.15) is 5.82 Å². The number of carbonyl (C=O) groups is 1. The molecule has 2 aromatic rings. The maximum atomic E-state index is 12.1. The third-order valence-corrected chi connectivity index (χ3v) is 4.63. The van der Waals surface area contributed by atoms with Crippen LogP contribution in [0.2, 0.25) is 0 Å². The Labute approximate surface area is 159 Å². The van der Waals surface area contributed by atoms with Crippen molar-refractivity contribution in [2.75, 3.05) is 39.3 Å². The number of nitrogens with zero attached hydrogens (tertiary/aromatic N) is 3. The van der Waals surface area contributed by atoms with Gasteiger partial charge in [0.15, 0.2) is 5.16 Å². The van der Waals surface area contributed by atoms with Crippen LogP contribution in [-0.4, -0.2) is 50.2 Å². The SMILES string of the molecule is CCc1cc(N(C)C)nc(SCc2cccc(C(=O)NCCOC)c2)n1. The van der Waals surface area contributed by atoms with Gasteiger partial charge in [-0.25, -0.2) is 9.97 Å². The van der Waals surface area contributed by atoms with Crippen LogP contribution in [0.5, 0.6) is 0 Å². The number of benzene rings is 1. The number of hydrogen-bond donors (Lipinski definition) is 1. The molecule has 1 aromatic heterocycles. The Bertz CT molecular complexity index is 737. The van der Waals surface area contributed by atoms with Crippen LogP contribution in [-0.2, 0) is 16.9 Å². The van der Waals surface area contributed by atoms with Gasteiger partial charge in [0.2, 0.25) is 0 Å². The van der Waals surface area contributed by atoms with Gasteiger partial charge in [0.25, 0.3) is 5.91 Å². The zero-order valence-electron chi connectivity index (χ0n) is 15.8. The average Bonchev–Trinajstić information content (AvgIpc) is 2.66. The van der Waals surface area contributed by atoms with E-state index in [0.29, 0.717) is 24.5 Å². The summed E-state index contributed by atoms with van der Waals surface area (Å²) in [5.74, 6) is 1.53. The van der Waals surface area contributed by atoms with Gasteiger partial charge < -0.3 is 15.0 Å². The number of hydrogen-bond acceptors (Lipinski definition) is 6. The monoisotopic (exact) mass is 374 g/mol. The summed E-state index contributed by atoms with van der Waals surface area (Å²) in [6.45, 7) is 3.09. The first kappa shape index (κ1) is 20.2. The number of rotatable bonds is 9. The highest BCUT2D eigenvalue weighted by molar-refractivity contribution is 7.98. The highest BCUT2D eigenvalue weighted by Gasteiger charge is 2.09. The molecule has 0 fully saturated rings. The number of methoxy groups -OCH3 is 1. The molecule has 1 heterocycles. The molecule has 1 amide bonds. The summed E-state index contributed by atoms with van der Waals surface area (Å²) in [5, 5.41) is 3.59. The molecule has 0 saturated heterocycles. The standard InChI is InChI=1S/C19H26N4O2S/c1-5-16-12-17(23(2)3)22-19(21-16)26-13-14-7-6-8-15(11-14)18(24)20-9-10-25-4/h6-8,11-12H,5,9-10,13H2,1-4H3,(H,20,24). The molecule has 0 aliphatic rings. The van der Waals surface area contributed by atoms with E-state index in [4.69, 9.17) is 4.74 Å². The first-order valence-electron chi connectivity index (χ1n) is 8.57. The summed E-state index contributed by atoms with van der Waals surface area (Å²) in [4.78, 5) is 23.3. The summed E-state index contributed by atoms with van der Waals surface area (Å²) in [5.41, 5.74) is 2.74. The van der Waals surface area contributed by atoms with Crippen molar-refractivity contribution in [1.82, 2.24) is 15.3 Å². The summed E-state index contributed by atoms with van der Waals surface area (Å²) in [6.07, 6.45) is 0.869. The van der Waals surface area contributed by atoms with E-state index in [1.54, 1.807) is 18.9 Å². The van der Waals surface area contributed by atoms with Gasteiger partial charge in [0, 0.05) is 50.8 Å². The first-order chi connectivity index (χ1) is 12.5. The summed E-state index contributed by atoms with van der Waals surface area (Å²) in [7, 11) is 5.56. The smallest absolute Gasteiger partial charge is 0.251 e. The van der Waals surface area contributed by atoms with E-state index in [-0.39, 0.29) is 5.91 Å². The molecule has 2 rings (SSSR count). The fourth-order valence-corrected chi connectivity index (χ4v) is 3.07. The van der Waals surface area contributed by atoms with Gasteiger partial charge in [0.05, 0.1) is 6.61 Å². The Morgan fingerprint density at radius 2 is 2.08 bits per heavy atom. The van der Waals surface area contributed by atoms with Crippen LogP contribution in [0.15, 0.2) is 35.5 Å². The number of anilines is 1. The van der Waals surface area contributed by atoms with E-state index >= 15 is 0 Å². The number of aromatic nitrogens is 2. The molecule has 0 aliphatic heterocycles. The van der Waals surface area contributed by atoms with Gasteiger partial charge in [-0.2, -0.15) is 0 Å². The second-order valence-corrected chi connectivity index (χ2v) is 6.93. The highest BCUT2D eigenvalue weighted by Crippen LogP contribution is 2.23. The molecule has 0 saturated carbocycles. The fourth-order valence-electron chi connectivity index (χ4n) is 2.25. The fraction of sp³-hybridized carbons (Fsp3) is 0.421. The van der Waals surface area contributed by atoms with E-state index in [1.807, 2.05) is 49.3 Å². The van der Waals surface area contributed by atoms with Gasteiger partial charge in [-0.3, -0.25) is 4.79 Å². The molecule has 0 aliphatic carbocycles. The van der Waals surface area contributed by atoms with E-state index < -0.39 is 0 Å². The molecule has 1 N–H and O–H groups in total. The zero-order valence-corrected chi connectivity index (χ0v) is 16.6. The van der Waals surface area contributed by atoms with Crippen LogP contribution < -0.4 is 10.2 Å². The number of nitrogens with one attached hydrogen (secondary N) is 1. The largest absolute Gasteiger partial charge is 0.383 e. The van der Waals surface area contributed by atoms with Crippen molar-refractivity contribution in [2.45, 2.75) is 24.3 Å². The lowest BCUT2D eigenvalue weighted by Gasteiger charge is -2.13. The molecule has 26 heavy (non-hydrogen) atoms. The molecule has 6 nitrogen and oxygen atoms in total. The zero-order chi connectivity index (χ0) is 18.9. The lowest BCUT2D eigenvalue weighted by molar-refractivity contribution is 0.0937. The Morgan fingerprint density at radius 1 is 1.27 bits per heavy atom. The third kappa shape index (κ3) is 6.00. The minimum atomic E-state index is -0.0898. The van der Waals surface area contributed by atoms with Gasteiger partial charge in [-0.05, 0) is 24.1 Å². The van der Waals surface area contributed by atoms with Crippen molar-refractivity contribution in [3.8, 4) is 0 Å². The van der Waals surface area contributed by atoms with Crippen LogP contribution in [0.25, 0.3) is 0 Å². The molecular weight excluding hydrogens is 348 g/mol. The Hall–Kier alpha value is -2.12. The Kier molecular flexibility index (Phi) is 7.87. The minimum Gasteiger partial charge on any atom is -0.383 e. The first-order valence-corrected chi connectivity index (χ1v) is 9.56. The molecule has 0 unspecified atom stereocenters. The molecule has 1 aromatic carbocycles. The molecule has 0 bridgehead atoms. The molecule has 0 radical (unpaired) electrons. The number of aryl methyl sites for hydroxylation is 1. The second kappa shape index (κ2) is 10.1. The summed E-state index contributed by atoms with van der Waals surface area (Å²) >= 11 is 1.58. The predicted molar refractivity (Wildman–Crippen MR) is 106 cm³/mol. The van der Waals surface area contributed by atoms with Gasteiger partial charge >= 0.3 is 0 Å². The molecular formula is C19H26N4O2S. The van der Waals surface area contributed by atoms with Crippen molar-refractivity contribution in [2.24, 2.45) is 0 Å². The van der Waals surface area contributed by atoms with Crippen LogP contribution in [0.3, 0.4) is 0 Å². The van der Waals surface area contributed by atoms with Crippen molar-refractivity contribution in [3.63, 3.8) is 0 Å². The average molecular weight is 375 g/mol. The van der Waals surface area contributed by atoms with Crippen molar-refractivity contribution >= 4 is 23.5 Å². The van der Waals surface area contributed by atoms with E-state index in [9.17, 15) is 4.79 Å². The van der Waals surface area contributed by atoms with Crippen molar-refractivity contribution in [3.05, 3.63) is 47.2 Å². The normalized spacial score (nSPS) is 10.6. The summed E-state index contributed by atoms with van der Waals surface area (Å²) in [6, 6.07) is 9.64. The number of ether oxygens (including phenoxy) is 1. The third-order valence-electron chi connectivity index (χ3n) is 3.71. The molecule has 7 heteroatoms. The Morgan fingerprint density at radius 3 is 2.77 bits per heavy atom. The Balaban J connectivity index is 2.04. The van der Waals surface area contributed by atoms with Crippen LogP contribution in [0.1, 0.15) is 28.5 Å². The molecule has 140 valence electrons. The molecule has 0 atom stereocenters. The number of carbonyl (C=O) groups excluding carboxylic acids is 1. The number of amides is 1. The second-order valence-electron chi connectivity index (χ2n) is 5.99. The summed E-state index contributed by atoms with van der Waals surface area (Å²) < 4.78 is 4.95. The maximum absolute atomic E-state index is 12.1. The number of thioether (sulfide) groups is 1. The topological polar surface area (TPSA) is 67.4 Å². The van der Waals surface area contributed by atoms with Crippen molar-refractivity contribution in [1.29, 1.82) is 0 Å². The minimum absolute atomic E-state index is 0.0898. The van der Waals surface area contributed by atoms with Crippen LogP contribution in [0.4, 0.5) is 5.82 Å². The highest BCUT2D eigenvalue weighted by atomic mass is 32.2. The quantitative estimate of drug-likeness (QED) is 0.414. The maximum Gasteiger partial charge on any atom is 0.251 e. The van der Waals surface area contributed by atoms with Gasteiger partial charge in [-0.1, -0.05) is 30.8 Å². The van der Waals surface area contributed by atoms with E-state index in [0.717, 1.165) is 28.7 Å². The lowest BCUT2D eigenvalue weighted by atomic mass is 10.1. The van der Waals surface area contributed by atoms with Crippen LogP contribution >= 0.6 is 11.8 Å². The predicted octanol–water partition coefficient (Wildman–Crippen LogP) is 2.77. The van der Waals surface area contributed by atoms with Crippen LogP contribution in [0, 0.1) is 0 Å².